The molecule has 0 aromatic heterocycles. The Labute approximate surface area is 277 Å². The predicted molar refractivity (Wildman–Crippen MR) is 184 cm³/mol. The van der Waals surface area contributed by atoms with Crippen molar-refractivity contribution in [2.24, 2.45) is 11.8 Å². The Morgan fingerprint density at radius 1 is 0.891 bits per heavy atom. The summed E-state index contributed by atoms with van der Waals surface area (Å²) in [5, 5.41) is 15.9. The first kappa shape index (κ1) is 35.0. The number of carbonyl (C=O) groups excluding carboxylic acids is 3. The Kier molecular flexibility index (Phi) is 14.9. The van der Waals surface area contributed by atoms with Crippen LogP contribution in [-0.4, -0.2) is 53.9 Å². The van der Waals surface area contributed by atoms with Gasteiger partial charge >= 0.3 is 5.97 Å². The quantitative estimate of drug-likeness (QED) is 0.174. The largest absolute Gasteiger partial charge is 0.463 e. The van der Waals surface area contributed by atoms with Gasteiger partial charge in [-0.05, 0) is 55.2 Å². The van der Waals surface area contributed by atoms with Crippen molar-refractivity contribution in [3.63, 3.8) is 0 Å². The van der Waals surface area contributed by atoms with Crippen LogP contribution >= 0.6 is 11.8 Å². The van der Waals surface area contributed by atoms with Crippen LogP contribution in [0.5, 0.6) is 0 Å². The highest BCUT2D eigenvalue weighted by molar-refractivity contribution is 7.98. The molecule has 3 N–H and O–H groups in total. The Morgan fingerprint density at radius 3 is 2.22 bits per heavy atom. The molecule has 3 aromatic carbocycles. The monoisotopic (exact) mass is 642 g/mol. The Bertz CT molecular complexity index is 1370. The van der Waals surface area contributed by atoms with E-state index in [1.165, 1.54) is 5.56 Å². The number of amides is 2. The summed E-state index contributed by atoms with van der Waals surface area (Å²) in [4.78, 5) is 40.2. The minimum Gasteiger partial charge on any atom is -0.463 e. The fourth-order valence-corrected chi connectivity index (χ4v) is 6.57. The first-order valence-corrected chi connectivity index (χ1v) is 17.4. The van der Waals surface area contributed by atoms with Crippen molar-refractivity contribution in [1.29, 1.82) is 0 Å². The third-order valence-corrected chi connectivity index (χ3v) is 9.26. The minimum atomic E-state index is -0.599. The molecule has 1 aliphatic heterocycles. The highest BCUT2D eigenvalue weighted by Gasteiger charge is 2.27. The van der Waals surface area contributed by atoms with E-state index < -0.39 is 18.0 Å². The Morgan fingerprint density at radius 2 is 1.54 bits per heavy atom. The van der Waals surface area contributed by atoms with Crippen LogP contribution in [-0.2, 0) is 37.7 Å². The molecule has 0 unspecified atom stereocenters. The summed E-state index contributed by atoms with van der Waals surface area (Å²) in [6.45, 7) is -0.134. The molecule has 3 aromatic rings. The van der Waals surface area contributed by atoms with Crippen molar-refractivity contribution in [2.45, 2.75) is 62.8 Å². The second-order valence-corrected chi connectivity index (χ2v) is 12.9. The maximum atomic E-state index is 13.7. The van der Waals surface area contributed by atoms with Crippen molar-refractivity contribution < 1.29 is 24.2 Å². The van der Waals surface area contributed by atoms with Crippen molar-refractivity contribution in [2.75, 3.05) is 19.0 Å². The molecule has 46 heavy (non-hydrogen) atoms. The number of aliphatic hydroxyl groups is 1. The molecule has 0 radical (unpaired) electrons. The molecule has 0 aliphatic carbocycles. The number of aliphatic hydroxyl groups excluding tert-OH is 1. The smallest absolute Gasteiger partial charge is 0.309 e. The second kappa shape index (κ2) is 19.6. The SMILES string of the molecule is O=C(C[C@H]1CC=CCCC[C@H](Cc2ccccc2)C(=O)OC[C@H](CSCc2ccccc2)NC1=O)N[C@H](CO)Cc1ccccc1. The van der Waals surface area contributed by atoms with Gasteiger partial charge in [0.05, 0.1) is 30.5 Å². The van der Waals surface area contributed by atoms with Crippen molar-refractivity contribution >= 4 is 29.5 Å². The van der Waals surface area contributed by atoms with Crippen molar-refractivity contribution in [1.82, 2.24) is 10.6 Å². The molecule has 0 fully saturated rings. The lowest BCUT2D eigenvalue weighted by Crippen LogP contribution is -2.46. The molecule has 1 heterocycles. The zero-order valence-electron chi connectivity index (χ0n) is 26.4. The maximum Gasteiger partial charge on any atom is 0.309 e. The third-order valence-electron chi connectivity index (χ3n) is 8.09. The van der Waals surface area contributed by atoms with Gasteiger partial charge in [0.15, 0.2) is 0 Å². The van der Waals surface area contributed by atoms with Crippen LogP contribution < -0.4 is 10.6 Å². The van der Waals surface area contributed by atoms with E-state index in [9.17, 15) is 19.5 Å². The zero-order chi connectivity index (χ0) is 32.4. The first-order valence-electron chi connectivity index (χ1n) is 16.2. The highest BCUT2D eigenvalue weighted by Crippen LogP contribution is 2.20. The molecule has 1 aliphatic rings. The van der Waals surface area contributed by atoms with Crippen LogP contribution in [0.3, 0.4) is 0 Å². The van der Waals surface area contributed by atoms with Crippen molar-refractivity contribution in [3.05, 3.63) is 120 Å². The zero-order valence-corrected chi connectivity index (χ0v) is 27.2. The second-order valence-electron chi connectivity index (χ2n) is 11.9. The Hall–Kier alpha value is -3.88. The van der Waals surface area contributed by atoms with Gasteiger partial charge in [-0.1, -0.05) is 103 Å². The summed E-state index contributed by atoms with van der Waals surface area (Å²) in [6, 6.07) is 28.9. The summed E-state index contributed by atoms with van der Waals surface area (Å²) in [5.74, 6) is -0.331. The van der Waals surface area contributed by atoms with Gasteiger partial charge < -0.3 is 20.5 Å². The van der Waals surface area contributed by atoms with Gasteiger partial charge in [0.25, 0.3) is 0 Å². The number of hydrogen-bond donors (Lipinski definition) is 3. The molecule has 0 spiro atoms. The molecular formula is C38H46N2O5S. The molecule has 2 amide bonds. The van der Waals surface area contributed by atoms with E-state index in [2.05, 4.69) is 22.8 Å². The number of nitrogens with one attached hydrogen (secondary N) is 2. The van der Waals surface area contributed by atoms with Gasteiger partial charge in [0, 0.05) is 17.9 Å². The fraction of sp³-hybridized carbons (Fsp3) is 0.395. The standard InChI is InChI=1S/C38H46N2O5S/c41-25-34(23-30-16-8-4-9-17-30)39-36(42)24-32-20-12-1-2-13-21-33(22-29-14-6-3-7-15-29)38(44)45-26-35(40-37(32)43)28-46-27-31-18-10-5-11-19-31/h1,3-12,14-19,32-35,41H,2,13,20-28H2,(H,39,42)(H,40,43)/t32-,33-,34+,35-/m1/s1. The lowest BCUT2D eigenvalue weighted by molar-refractivity contribution is -0.150. The highest BCUT2D eigenvalue weighted by atomic mass is 32.2. The van der Waals surface area contributed by atoms with E-state index in [1.807, 2.05) is 91.0 Å². The number of carbonyl (C=O) groups is 3. The van der Waals surface area contributed by atoms with E-state index in [1.54, 1.807) is 11.8 Å². The molecule has 4 atom stereocenters. The van der Waals surface area contributed by atoms with Gasteiger partial charge in [-0.25, -0.2) is 0 Å². The third kappa shape index (κ3) is 12.5. The van der Waals surface area contributed by atoms with E-state index in [4.69, 9.17) is 4.74 Å². The van der Waals surface area contributed by atoms with Crippen LogP contribution in [0.1, 0.15) is 48.8 Å². The summed E-state index contributed by atoms with van der Waals surface area (Å²) < 4.78 is 5.88. The van der Waals surface area contributed by atoms with E-state index in [0.29, 0.717) is 31.4 Å². The van der Waals surface area contributed by atoms with Gasteiger partial charge in [-0.15, -0.1) is 0 Å². The molecule has 0 saturated heterocycles. The molecule has 0 bridgehead atoms. The number of rotatable bonds is 12. The van der Waals surface area contributed by atoms with E-state index in [-0.39, 0.29) is 43.3 Å². The maximum absolute atomic E-state index is 13.7. The summed E-state index contributed by atoms with van der Waals surface area (Å²) in [7, 11) is 0. The van der Waals surface area contributed by atoms with Crippen LogP contribution in [0.25, 0.3) is 0 Å². The van der Waals surface area contributed by atoms with E-state index >= 15 is 0 Å². The van der Waals surface area contributed by atoms with Gasteiger partial charge in [-0.3, -0.25) is 14.4 Å². The van der Waals surface area contributed by atoms with Gasteiger partial charge in [0.2, 0.25) is 11.8 Å². The molecular weight excluding hydrogens is 596 g/mol. The number of allylic oxidation sites excluding steroid dienone is 2. The molecule has 8 heteroatoms. The first-order chi connectivity index (χ1) is 22.5. The molecule has 7 nitrogen and oxygen atoms in total. The number of ether oxygens (including phenoxy) is 1. The van der Waals surface area contributed by atoms with Crippen LogP contribution in [0, 0.1) is 11.8 Å². The average molecular weight is 643 g/mol. The minimum absolute atomic E-state index is 0.00964. The number of benzene rings is 3. The molecule has 244 valence electrons. The number of cyclic esters (lactones) is 1. The van der Waals surface area contributed by atoms with Crippen LogP contribution in [0.4, 0.5) is 0 Å². The molecule has 4 rings (SSSR count). The van der Waals surface area contributed by atoms with Gasteiger partial charge in [-0.2, -0.15) is 11.8 Å². The van der Waals surface area contributed by atoms with E-state index in [0.717, 1.165) is 29.7 Å². The van der Waals surface area contributed by atoms with Crippen molar-refractivity contribution in [3.8, 4) is 0 Å². The average Bonchev–Trinajstić information content (AvgIpc) is 3.08. The molecule has 0 saturated carbocycles. The number of thioether (sulfide) groups is 1. The lowest BCUT2D eigenvalue weighted by Gasteiger charge is -2.24. The predicted octanol–water partition coefficient (Wildman–Crippen LogP) is 5.66. The number of esters is 1. The summed E-state index contributed by atoms with van der Waals surface area (Å²) in [6.07, 6.45) is 7.80. The Balaban J connectivity index is 1.44. The topological polar surface area (TPSA) is 105 Å². The van der Waals surface area contributed by atoms with Crippen LogP contribution in [0.15, 0.2) is 103 Å². The normalized spacial score (nSPS) is 20.2. The van der Waals surface area contributed by atoms with Crippen LogP contribution in [0.2, 0.25) is 0 Å². The summed E-state index contributed by atoms with van der Waals surface area (Å²) >= 11 is 1.66. The van der Waals surface area contributed by atoms with Gasteiger partial charge in [0.1, 0.15) is 6.61 Å². The fourth-order valence-electron chi connectivity index (χ4n) is 5.56. The number of hydrogen-bond acceptors (Lipinski definition) is 6. The lowest BCUT2D eigenvalue weighted by atomic mass is 9.93. The summed E-state index contributed by atoms with van der Waals surface area (Å²) in [5.41, 5.74) is 3.28.